The second-order valence-corrected chi connectivity index (χ2v) is 4.37. The summed E-state index contributed by atoms with van der Waals surface area (Å²) in [6, 6.07) is 14.3. The van der Waals surface area contributed by atoms with E-state index in [0.717, 1.165) is 22.4 Å². The molecule has 0 aliphatic rings. The Bertz CT molecular complexity index is 701. The normalized spacial score (nSPS) is 11.1. The predicted molar refractivity (Wildman–Crippen MR) is 74.2 cm³/mol. The van der Waals surface area contributed by atoms with Crippen LogP contribution in [-0.2, 0) is 6.54 Å². The van der Waals surface area contributed by atoms with Crippen molar-refractivity contribution in [1.29, 1.82) is 0 Å². The van der Waals surface area contributed by atoms with Crippen molar-refractivity contribution in [1.82, 2.24) is 9.55 Å². The summed E-state index contributed by atoms with van der Waals surface area (Å²) in [6.07, 6.45) is 0. The second-order valence-electron chi connectivity index (χ2n) is 4.37. The van der Waals surface area contributed by atoms with E-state index in [1.165, 1.54) is 12.1 Å². The van der Waals surface area contributed by atoms with Gasteiger partial charge in [-0.2, -0.15) is 0 Å². The summed E-state index contributed by atoms with van der Waals surface area (Å²) in [7, 11) is 0. The molecule has 1 aromatic heterocycles. The third-order valence-electron chi connectivity index (χ3n) is 3.11. The fraction of sp³-hybridized carbons (Fsp3) is 0.133. The Kier molecular flexibility index (Phi) is 3.01. The Morgan fingerprint density at radius 3 is 2.53 bits per heavy atom. The molecule has 2 N–H and O–H groups in total. The first-order chi connectivity index (χ1) is 9.29. The molecule has 3 rings (SSSR count). The average Bonchev–Trinajstić information content (AvgIpc) is 2.79. The van der Waals surface area contributed by atoms with E-state index in [0.29, 0.717) is 13.1 Å². The molecule has 96 valence electrons. The van der Waals surface area contributed by atoms with Crippen molar-refractivity contribution in [2.24, 2.45) is 5.73 Å². The number of rotatable bonds is 3. The van der Waals surface area contributed by atoms with Gasteiger partial charge in [-0.3, -0.25) is 0 Å². The van der Waals surface area contributed by atoms with E-state index >= 15 is 0 Å². The minimum absolute atomic E-state index is 0.245. The van der Waals surface area contributed by atoms with Crippen LogP contribution >= 0.6 is 0 Å². The number of para-hydroxylation sites is 2. The summed E-state index contributed by atoms with van der Waals surface area (Å²) in [5.41, 5.74) is 8.54. The zero-order valence-electron chi connectivity index (χ0n) is 10.4. The molecule has 0 fully saturated rings. The van der Waals surface area contributed by atoms with Crippen LogP contribution in [0.4, 0.5) is 4.39 Å². The fourth-order valence-electron chi connectivity index (χ4n) is 2.25. The van der Waals surface area contributed by atoms with Gasteiger partial charge in [0.15, 0.2) is 0 Å². The Morgan fingerprint density at radius 1 is 1.05 bits per heavy atom. The van der Waals surface area contributed by atoms with Crippen molar-refractivity contribution in [3.8, 4) is 11.4 Å². The molecule has 2 aromatic carbocycles. The van der Waals surface area contributed by atoms with Crippen LogP contribution in [0.3, 0.4) is 0 Å². The third kappa shape index (κ3) is 2.11. The van der Waals surface area contributed by atoms with E-state index in [4.69, 9.17) is 5.73 Å². The molecule has 0 aliphatic carbocycles. The Balaban J connectivity index is 2.21. The van der Waals surface area contributed by atoms with Gasteiger partial charge in [-0.15, -0.1) is 0 Å². The molecule has 0 atom stereocenters. The predicted octanol–water partition coefficient (Wildman–Crippen LogP) is 2.80. The van der Waals surface area contributed by atoms with Crippen LogP contribution in [0.1, 0.15) is 0 Å². The van der Waals surface area contributed by atoms with Gasteiger partial charge >= 0.3 is 0 Å². The monoisotopic (exact) mass is 255 g/mol. The molecule has 1 heterocycles. The number of imidazole rings is 1. The highest BCUT2D eigenvalue weighted by molar-refractivity contribution is 5.80. The molecule has 0 bridgehead atoms. The van der Waals surface area contributed by atoms with E-state index < -0.39 is 0 Å². The lowest BCUT2D eigenvalue weighted by Crippen LogP contribution is -2.10. The van der Waals surface area contributed by atoms with Crippen molar-refractivity contribution >= 4 is 11.0 Å². The van der Waals surface area contributed by atoms with Crippen molar-refractivity contribution in [3.05, 3.63) is 54.3 Å². The SMILES string of the molecule is NCCn1c(-c2ccc(F)cc2)nc2ccccc21. The van der Waals surface area contributed by atoms with Crippen molar-refractivity contribution in [2.75, 3.05) is 6.54 Å². The molecule has 0 amide bonds. The lowest BCUT2D eigenvalue weighted by atomic mass is 10.2. The van der Waals surface area contributed by atoms with Crippen LogP contribution in [0.2, 0.25) is 0 Å². The molecule has 0 saturated carbocycles. The molecule has 0 radical (unpaired) electrons. The smallest absolute Gasteiger partial charge is 0.141 e. The number of nitrogens with two attached hydrogens (primary N) is 1. The maximum atomic E-state index is 13.0. The van der Waals surface area contributed by atoms with Crippen LogP contribution < -0.4 is 5.73 Å². The van der Waals surface area contributed by atoms with Crippen molar-refractivity contribution < 1.29 is 4.39 Å². The van der Waals surface area contributed by atoms with E-state index in [-0.39, 0.29) is 5.82 Å². The molecule has 3 nitrogen and oxygen atoms in total. The Morgan fingerprint density at radius 2 is 1.79 bits per heavy atom. The van der Waals surface area contributed by atoms with Gasteiger partial charge in [0.2, 0.25) is 0 Å². The topological polar surface area (TPSA) is 43.8 Å². The minimum atomic E-state index is -0.245. The van der Waals surface area contributed by atoms with Gasteiger partial charge in [0.1, 0.15) is 11.6 Å². The van der Waals surface area contributed by atoms with E-state index in [9.17, 15) is 4.39 Å². The van der Waals surface area contributed by atoms with Gasteiger partial charge in [0.05, 0.1) is 11.0 Å². The average molecular weight is 255 g/mol. The van der Waals surface area contributed by atoms with Gasteiger partial charge in [-0.05, 0) is 36.4 Å². The number of hydrogen-bond donors (Lipinski definition) is 1. The number of nitrogens with zero attached hydrogens (tertiary/aromatic N) is 2. The quantitative estimate of drug-likeness (QED) is 0.782. The van der Waals surface area contributed by atoms with Gasteiger partial charge in [0.25, 0.3) is 0 Å². The highest BCUT2D eigenvalue weighted by Crippen LogP contribution is 2.24. The summed E-state index contributed by atoms with van der Waals surface area (Å²) in [5, 5.41) is 0. The summed E-state index contributed by atoms with van der Waals surface area (Å²) in [6.45, 7) is 1.22. The molecule has 0 unspecified atom stereocenters. The number of fused-ring (bicyclic) bond motifs is 1. The molecule has 0 aliphatic heterocycles. The maximum absolute atomic E-state index is 13.0. The summed E-state index contributed by atoms with van der Waals surface area (Å²) in [5.74, 6) is 0.580. The first-order valence-electron chi connectivity index (χ1n) is 6.21. The fourth-order valence-corrected chi connectivity index (χ4v) is 2.25. The lowest BCUT2D eigenvalue weighted by molar-refractivity contribution is 0.628. The van der Waals surface area contributed by atoms with E-state index in [1.807, 2.05) is 24.3 Å². The number of benzene rings is 2. The Hall–Kier alpha value is -2.20. The molecule has 0 spiro atoms. The number of hydrogen-bond acceptors (Lipinski definition) is 2. The Labute approximate surface area is 110 Å². The maximum Gasteiger partial charge on any atom is 0.141 e. The van der Waals surface area contributed by atoms with E-state index in [1.54, 1.807) is 12.1 Å². The summed E-state index contributed by atoms with van der Waals surface area (Å²) in [4.78, 5) is 4.62. The highest BCUT2D eigenvalue weighted by Gasteiger charge is 2.11. The van der Waals surface area contributed by atoms with Crippen LogP contribution in [0, 0.1) is 5.82 Å². The zero-order chi connectivity index (χ0) is 13.2. The summed E-state index contributed by atoms with van der Waals surface area (Å²) < 4.78 is 15.1. The molecule has 4 heteroatoms. The van der Waals surface area contributed by atoms with Crippen LogP contribution in [0.15, 0.2) is 48.5 Å². The van der Waals surface area contributed by atoms with Crippen LogP contribution in [-0.4, -0.2) is 16.1 Å². The largest absolute Gasteiger partial charge is 0.329 e. The second kappa shape index (κ2) is 4.82. The van der Waals surface area contributed by atoms with Gasteiger partial charge in [0, 0.05) is 18.7 Å². The molecular weight excluding hydrogens is 241 g/mol. The molecular formula is C15H14FN3. The van der Waals surface area contributed by atoms with Crippen LogP contribution in [0.25, 0.3) is 22.4 Å². The van der Waals surface area contributed by atoms with Crippen molar-refractivity contribution in [3.63, 3.8) is 0 Å². The first-order valence-corrected chi connectivity index (χ1v) is 6.21. The van der Waals surface area contributed by atoms with E-state index in [2.05, 4.69) is 9.55 Å². The first kappa shape index (κ1) is 11.9. The van der Waals surface area contributed by atoms with Crippen molar-refractivity contribution in [2.45, 2.75) is 6.54 Å². The lowest BCUT2D eigenvalue weighted by Gasteiger charge is -2.07. The number of halogens is 1. The molecule has 0 saturated heterocycles. The van der Waals surface area contributed by atoms with Gasteiger partial charge in [-0.1, -0.05) is 12.1 Å². The number of aromatic nitrogens is 2. The third-order valence-corrected chi connectivity index (χ3v) is 3.11. The molecule has 19 heavy (non-hydrogen) atoms. The zero-order valence-corrected chi connectivity index (χ0v) is 10.4. The minimum Gasteiger partial charge on any atom is -0.329 e. The van der Waals surface area contributed by atoms with Gasteiger partial charge < -0.3 is 10.3 Å². The molecule has 3 aromatic rings. The van der Waals surface area contributed by atoms with Crippen LogP contribution in [0.5, 0.6) is 0 Å². The standard InChI is InChI=1S/C15H14FN3/c16-12-7-5-11(6-8-12)15-18-13-3-1-2-4-14(13)19(15)10-9-17/h1-8H,9-10,17H2. The highest BCUT2D eigenvalue weighted by atomic mass is 19.1. The van der Waals surface area contributed by atoms with Gasteiger partial charge in [-0.25, -0.2) is 9.37 Å². The summed E-state index contributed by atoms with van der Waals surface area (Å²) >= 11 is 0.